The van der Waals surface area contributed by atoms with E-state index in [0.717, 1.165) is 55.5 Å². The maximum atomic E-state index is 13.4. The topological polar surface area (TPSA) is 103 Å². The molecule has 2 aliphatic carbocycles. The summed E-state index contributed by atoms with van der Waals surface area (Å²) < 4.78 is 19.2. The average Bonchev–Trinajstić information content (AvgIpc) is 3.40. The summed E-state index contributed by atoms with van der Waals surface area (Å²) >= 11 is 1.13. The summed E-state index contributed by atoms with van der Waals surface area (Å²) in [5, 5.41) is 13.6. The Morgan fingerprint density at radius 2 is 1.79 bits per heavy atom. The van der Waals surface area contributed by atoms with Gasteiger partial charge in [-0.3, -0.25) is 4.72 Å². The Morgan fingerprint density at radius 3 is 2.31 bits per heavy atom. The molecule has 29 heavy (non-hydrogen) atoms. The van der Waals surface area contributed by atoms with Gasteiger partial charge in [0, 0.05) is 16.0 Å². The summed E-state index contributed by atoms with van der Waals surface area (Å²) in [6.07, 6.45) is 7.68. The molecule has 0 radical (unpaired) electrons. The lowest BCUT2D eigenvalue weighted by Crippen LogP contribution is -2.46. The Bertz CT molecular complexity index is 978. The average molecular weight is 437 g/mol. The van der Waals surface area contributed by atoms with Gasteiger partial charge in [-0.2, -0.15) is 0 Å². The molecule has 9 heteroatoms. The SMILES string of the molecule is CN[SH](=O)(NC(=O)Nc1c2c(cc3c1CCC3)CCC2)c1cnc(C(C)(C)O)s1. The minimum Gasteiger partial charge on any atom is -0.383 e. The van der Waals surface area contributed by atoms with E-state index >= 15 is 0 Å². The van der Waals surface area contributed by atoms with Crippen molar-refractivity contribution in [3.8, 4) is 0 Å². The smallest absolute Gasteiger partial charge is 0.330 e. The van der Waals surface area contributed by atoms with Crippen molar-refractivity contribution in [1.82, 2.24) is 14.4 Å². The van der Waals surface area contributed by atoms with Gasteiger partial charge in [-0.25, -0.2) is 18.7 Å². The number of nitrogens with zero attached hydrogens (tertiary/aromatic N) is 1. The second kappa shape index (κ2) is 7.46. The van der Waals surface area contributed by atoms with E-state index in [0.29, 0.717) is 9.22 Å². The largest absolute Gasteiger partial charge is 0.383 e. The summed E-state index contributed by atoms with van der Waals surface area (Å²) in [5.41, 5.74) is 4.89. The summed E-state index contributed by atoms with van der Waals surface area (Å²) in [7, 11) is -1.86. The molecular formula is C20H28N4O3S2. The number of carbonyl (C=O) groups is 1. The van der Waals surface area contributed by atoms with E-state index in [1.165, 1.54) is 28.5 Å². The van der Waals surface area contributed by atoms with Crippen LogP contribution in [0.5, 0.6) is 0 Å². The number of thiazole rings is 1. The predicted molar refractivity (Wildman–Crippen MR) is 117 cm³/mol. The molecule has 2 aromatic rings. The number of aliphatic hydroxyl groups is 1. The van der Waals surface area contributed by atoms with Gasteiger partial charge in [0.1, 0.15) is 14.8 Å². The zero-order valence-electron chi connectivity index (χ0n) is 17.0. The van der Waals surface area contributed by atoms with Crippen LogP contribution in [-0.2, 0) is 41.6 Å². The van der Waals surface area contributed by atoms with Crippen LogP contribution in [0, 0.1) is 0 Å². The van der Waals surface area contributed by atoms with E-state index in [1.807, 2.05) is 0 Å². The number of thiol groups is 1. The van der Waals surface area contributed by atoms with Crippen LogP contribution in [0.4, 0.5) is 10.5 Å². The first kappa shape index (κ1) is 20.5. The Kier molecular flexibility index (Phi) is 5.27. The maximum absolute atomic E-state index is 13.4. The van der Waals surface area contributed by atoms with Crippen LogP contribution in [-0.4, -0.2) is 27.4 Å². The molecule has 2 aliphatic rings. The molecule has 1 aromatic heterocycles. The lowest BCUT2D eigenvalue weighted by Gasteiger charge is -2.24. The van der Waals surface area contributed by atoms with Gasteiger partial charge in [-0.15, -0.1) is 11.3 Å². The zero-order chi connectivity index (χ0) is 20.8. The van der Waals surface area contributed by atoms with Crippen molar-refractivity contribution in [3.05, 3.63) is 39.5 Å². The van der Waals surface area contributed by atoms with Crippen LogP contribution in [0.2, 0.25) is 0 Å². The number of fused-ring (bicyclic) bond motifs is 2. The molecule has 158 valence electrons. The Morgan fingerprint density at radius 1 is 1.17 bits per heavy atom. The first-order valence-electron chi connectivity index (χ1n) is 9.95. The molecule has 0 aliphatic heterocycles. The lowest BCUT2D eigenvalue weighted by atomic mass is 9.99. The third-order valence-electron chi connectivity index (χ3n) is 5.61. The van der Waals surface area contributed by atoms with Crippen molar-refractivity contribution in [2.24, 2.45) is 0 Å². The highest BCUT2D eigenvalue weighted by molar-refractivity contribution is 8.01. The second-order valence-electron chi connectivity index (χ2n) is 8.20. The minimum absolute atomic E-state index is 0.399. The molecule has 0 saturated carbocycles. The first-order valence-corrected chi connectivity index (χ1v) is 12.5. The van der Waals surface area contributed by atoms with Gasteiger partial charge in [-0.1, -0.05) is 6.07 Å². The highest BCUT2D eigenvalue weighted by Gasteiger charge is 2.28. The summed E-state index contributed by atoms with van der Waals surface area (Å²) in [4.78, 5) is 17.0. The third kappa shape index (κ3) is 3.84. The lowest BCUT2D eigenvalue weighted by molar-refractivity contribution is 0.0783. The van der Waals surface area contributed by atoms with E-state index in [2.05, 4.69) is 25.8 Å². The number of benzene rings is 1. The molecule has 0 bridgehead atoms. The monoisotopic (exact) mass is 436 g/mol. The molecule has 2 amide bonds. The van der Waals surface area contributed by atoms with Crippen LogP contribution in [0.3, 0.4) is 0 Å². The number of amides is 2. The molecular weight excluding hydrogens is 408 g/mol. The molecule has 1 heterocycles. The number of aryl methyl sites for hydroxylation is 2. The van der Waals surface area contributed by atoms with E-state index in [9.17, 15) is 14.1 Å². The van der Waals surface area contributed by atoms with Gasteiger partial charge in [-0.05, 0) is 81.7 Å². The highest BCUT2D eigenvalue weighted by atomic mass is 32.3. The van der Waals surface area contributed by atoms with Crippen LogP contribution < -0.4 is 14.8 Å². The Labute approximate surface area is 176 Å². The van der Waals surface area contributed by atoms with Crippen LogP contribution in [0.25, 0.3) is 0 Å². The second-order valence-corrected chi connectivity index (χ2v) is 11.9. The number of nitrogens with one attached hydrogen (secondary N) is 3. The van der Waals surface area contributed by atoms with Crippen molar-refractivity contribution < 1.29 is 14.1 Å². The third-order valence-corrected chi connectivity index (χ3v) is 9.65. The van der Waals surface area contributed by atoms with E-state index < -0.39 is 21.9 Å². The standard InChI is InChI=1S/C20H28N4O3S2/c1-20(2,26)18-22-11-16(28-18)29(27,21-3)24-19(25)23-17-14-8-4-6-12(14)10-13-7-5-9-15(13)17/h10-11,26,29H,4-9H2,1-3H3,(H3,21,23,24,25,27). The first-order chi connectivity index (χ1) is 13.7. The Hall–Kier alpha value is -1.81. The molecule has 1 aromatic carbocycles. The molecule has 4 rings (SSSR count). The van der Waals surface area contributed by atoms with Crippen molar-refractivity contribution in [2.75, 3.05) is 12.4 Å². The normalized spacial score (nSPS) is 16.4. The minimum atomic E-state index is -3.40. The van der Waals surface area contributed by atoms with Crippen molar-refractivity contribution >= 4 is 33.4 Å². The number of hydrogen-bond donors (Lipinski definition) is 5. The fourth-order valence-corrected chi connectivity index (χ4v) is 7.01. The van der Waals surface area contributed by atoms with Crippen molar-refractivity contribution in [3.63, 3.8) is 0 Å². The van der Waals surface area contributed by atoms with E-state index in [4.69, 9.17) is 0 Å². The highest BCUT2D eigenvalue weighted by Crippen LogP contribution is 2.38. The van der Waals surface area contributed by atoms with Gasteiger partial charge in [0.05, 0.1) is 6.20 Å². The fourth-order valence-electron chi connectivity index (χ4n) is 4.17. The molecule has 0 saturated heterocycles. The molecule has 4 N–H and O–H groups in total. The molecule has 0 atom stereocenters. The molecule has 7 nitrogen and oxygen atoms in total. The molecule has 0 spiro atoms. The van der Waals surface area contributed by atoms with Gasteiger partial charge >= 0.3 is 6.03 Å². The van der Waals surface area contributed by atoms with Gasteiger partial charge in [0.2, 0.25) is 0 Å². The van der Waals surface area contributed by atoms with Crippen LogP contribution in [0.1, 0.15) is 54.0 Å². The Balaban J connectivity index is 1.58. The van der Waals surface area contributed by atoms with Gasteiger partial charge in [0.25, 0.3) is 0 Å². The molecule has 0 fully saturated rings. The van der Waals surface area contributed by atoms with Gasteiger partial charge < -0.3 is 10.4 Å². The van der Waals surface area contributed by atoms with E-state index in [1.54, 1.807) is 20.9 Å². The number of carbonyl (C=O) groups excluding carboxylic acids is 1. The molecule has 0 unspecified atom stereocenters. The predicted octanol–water partition coefficient (Wildman–Crippen LogP) is 2.59. The fraction of sp³-hybridized carbons (Fsp3) is 0.500. The quantitative estimate of drug-likeness (QED) is 0.465. The number of hydrogen-bond acceptors (Lipinski definition) is 5. The zero-order valence-corrected chi connectivity index (χ0v) is 18.7. The summed E-state index contributed by atoms with van der Waals surface area (Å²) in [6.45, 7) is 3.24. The van der Waals surface area contributed by atoms with Gasteiger partial charge in [0.15, 0.2) is 0 Å². The number of anilines is 1. The maximum Gasteiger partial charge on any atom is 0.330 e. The number of aromatic nitrogens is 1. The van der Waals surface area contributed by atoms with Crippen molar-refractivity contribution in [1.29, 1.82) is 0 Å². The van der Waals surface area contributed by atoms with Crippen LogP contribution in [0.15, 0.2) is 16.5 Å². The number of urea groups is 1. The van der Waals surface area contributed by atoms with Crippen molar-refractivity contribution in [2.45, 2.75) is 62.2 Å². The summed E-state index contributed by atoms with van der Waals surface area (Å²) in [5.74, 6) is 0. The number of rotatable bonds is 5. The summed E-state index contributed by atoms with van der Waals surface area (Å²) in [6, 6.07) is 1.82. The van der Waals surface area contributed by atoms with Crippen LogP contribution >= 0.6 is 11.3 Å². The van der Waals surface area contributed by atoms with E-state index in [-0.39, 0.29) is 0 Å².